The summed E-state index contributed by atoms with van der Waals surface area (Å²) >= 11 is 4.88. The molecule has 0 unspecified atom stereocenters. The minimum Gasteiger partial charge on any atom is -0.289 e. The Balaban J connectivity index is 3.65. The summed E-state index contributed by atoms with van der Waals surface area (Å²) in [5.74, 6) is -0.285. The fraction of sp³-hybridized carbons (Fsp3) is 0.667. The zero-order chi connectivity index (χ0) is 7.44. The van der Waals surface area contributed by atoms with Gasteiger partial charge in [0.25, 0.3) is 5.24 Å². The molecule has 0 radical (unpaired) electrons. The molecule has 0 aromatic rings. The van der Waals surface area contributed by atoms with E-state index in [1.54, 1.807) is 0 Å². The molecule has 0 bridgehead atoms. The minimum absolute atomic E-state index is 0.209. The molecule has 0 saturated heterocycles. The summed E-state index contributed by atoms with van der Waals surface area (Å²) in [4.78, 5) is 20.6. The van der Waals surface area contributed by atoms with Crippen molar-refractivity contribution in [2.45, 2.75) is 20.3 Å². The van der Waals surface area contributed by atoms with Crippen LogP contribution in [0.15, 0.2) is 0 Å². The number of halogens is 1. The van der Waals surface area contributed by atoms with Crippen molar-refractivity contribution in [1.29, 1.82) is 0 Å². The van der Waals surface area contributed by atoms with Crippen molar-refractivity contribution in [1.82, 2.24) is 0 Å². The second-order valence-corrected chi connectivity index (χ2v) is 2.64. The maximum atomic E-state index is 10.5. The normalized spacial score (nSPS) is 9.78. The monoisotopic (exact) mass is 148 g/mol. The van der Waals surface area contributed by atoms with Crippen molar-refractivity contribution in [3.8, 4) is 0 Å². The summed E-state index contributed by atoms with van der Waals surface area (Å²) in [6.07, 6.45) is 0.252. The largest absolute Gasteiger partial charge is 0.289 e. The van der Waals surface area contributed by atoms with E-state index in [0.717, 1.165) is 0 Å². The van der Waals surface area contributed by atoms with Gasteiger partial charge in [-0.1, -0.05) is 13.8 Å². The van der Waals surface area contributed by atoms with Crippen molar-refractivity contribution in [2.24, 2.45) is 5.92 Å². The molecule has 3 heteroatoms. The Morgan fingerprint density at radius 3 is 2.00 bits per heavy atom. The Morgan fingerprint density at radius 1 is 1.44 bits per heavy atom. The number of carbonyl (C=O) groups is 2. The molecule has 0 aliphatic heterocycles. The Hall–Kier alpha value is -0.370. The summed E-state index contributed by atoms with van der Waals surface area (Å²) in [5, 5.41) is -0.858. The van der Waals surface area contributed by atoms with Crippen molar-refractivity contribution >= 4 is 22.6 Å². The number of hydrogen-bond acceptors (Lipinski definition) is 2. The lowest BCUT2D eigenvalue weighted by molar-refractivity contribution is -0.132. The predicted molar refractivity (Wildman–Crippen MR) is 35.3 cm³/mol. The first-order valence-electron chi connectivity index (χ1n) is 2.76. The van der Waals surface area contributed by atoms with Crippen LogP contribution in [0.4, 0.5) is 0 Å². The van der Waals surface area contributed by atoms with Gasteiger partial charge in [0.2, 0.25) is 5.78 Å². The van der Waals surface area contributed by atoms with E-state index in [0.29, 0.717) is 0 Å². The van der Waals surface area contributed by atoms with Gasteiger partial charge >= 0.3 is 0 Å². The molecule has 0 rings (SSSR count). The molecule has 0 aliphatic carbocycles. The molecule has 0 atom stereocenters. The Bertz CT molecular complexity index is 129. The van der Waals surface area contributed by atoms with Crippen LogP contribution in [-0.2, 0) is 9.59 Å². The van der Waals surface area contributed by atoms with Gasteiger partial charge in [0.1, 0.15) is 0 Å². The first-order valence-corrected chi connectivity index (χ1v) is 3.14. The van der Waals surface area contributed by atoms with Crippen LogP contribution in [0.25, 0.3) is 0 Å². The zero-order valence-electron chi connectivity index (χ0n) is 5.48. The predicted octanol–water partition coefficient (Wildman–Crippen LogP) is 1.37. The van der Waals surface area contributed by atoms with E-state index >= 15 is 0 Å². The lowest BCUT2D eigenvalue weighted by Crippen LogP contribution is -2.09. The summed E-state index contributed by atoms with van der Waals surface area (Å²) in [6, 6.07) is 0. The van der Waals surface area contributed by atoms with Gasteiger partial charge in [-0.2, -0.15) is 0 Å². The molecule has 52 valence electrons. The number of rotatable bonds is 3. The van der Waals surface area contributed by atoms with E-state index in [4.69, 9.17) is 11.6 Å². The zero-order valence-corrected chi connectivity index (χ0v) is 6.23. The van der Waals surface area contributed by atoms with E-state index in [1.165, 1.54) is 0 Å². The number of ketones is 1. The molecule has 0 N–H and O–H groups in total. The van der Waals surface area contributed by atoms with Gasteiger partial charge in [-0.05, 0) is 17.5 Å². The van der Waals surface area contributed by atoms with E-state index in [-0.39, 0.29) is 12.3 Å². The third-order valence-corrected chi connectivity index (χ3v) is 1.02. The molecule has 9 heavy (non-hydrogen) atoms. The lowest BCUT2D eigenvalue weighted by atomic mass is 10.1. The van der Waals surface area contributed by atoms with Crippen molar-refractivity contribution in [2.75, 3.05) is 0 Å². The molecule has 0 spiro atoms. The quantitative estimate of drug-likeness (QED) is 0.448. The van der Waals surface area contributed by atoms with Crippen LogP contribution in [0.2, 0.25) is 0 Å². The van der Waals surface area contributed by atoms with E-state index in [2.05, 4.69) is 0 Å². The van der Waals surface area contributed by atoms with Crippen molar-refractivity contribution in [3.05, 3.63) is 0 Å². The highest BCUT2D eigenvalue weighted by Gasteiger charge is 2.10. The standard InChI is InChI=1S/C6H9ClO2/c1-4(2)3-5(8)6(7)9/h4H,3H2,1-2H3. The maximum Gasteiger partial charge on any atom is 0.288 e. The van der Waals surface area contributed by atoms with Crippen LogP contribution in [-0.4, -0.2) is 11.0 Å². The van der Waals surface area contributed by atoms with Gasteiger partial charge in [-0.25, -0.2) is 0 Å². The van der Waals surface area contributed by atoms with Crippen LogP contribution in [0.5, 0.6) is 0 Å². The highest BCUT2D eigenvalue weighted by atomic mass is 35.5. The van der Waals surface area contributed by atoms with Gasteiger partial charge < -0.3 is 0 Å². The first-order chi connectivity index (χ1) is 4.04. The smallest absolute Gasteiger partial charge is 0.288 e. The van der Waals surface area contributed by atoms with E-state index < -0.39 is 11.0 Å². The molecule has 2 nitrogen and oxygen atoms in total. The number of Topliss-reactive ketones (excluding diaryl/α,β-unsaturated/α-hetero) is 1. The topological polar surface area (TPSA) is 34.1 Å². The second kappa shape index (κ2) is 3.62. The van der Waals surface area contributed by atoms with Crippen LogP contribution < -0.4 is 0 Å². The van der Waals surface area contributed by atoms with Crippen LogP contribution in [0.1, 0.15) is 20.3 Å². The lowest BCUT2D eigenvalue weighted by Gasteiger charge is -1.96. The summed E-state index contributed by atoms with van der Waals surface area (Å²) < 4.78 is 0. The van der Waals surface area contributed by atoms with Crippen LogP contribution in [0, 0.1) is 5.92 Å². The van der Waals surface area contributed by atoms with Gasteiger partial charge in [0.15, 0.2) is 0 Å². The summed E-state index contributed by atoms with van der Waals surface area (Å²) in [6.45, 7) is 3.72. The third-order valence-electron chi connectivity index (χ3n) is 0.813. The maximum absolute atomic E-state index is 10.5. The Morgan fingerprint density at radius 2 is 1.89 bits per heavy atom. The molecule has 0 aromatic carbocycles. The highest BCUT2D eigenvalue weighted by molar-refractivity contribution is 6.81. The van der Waals surface area contributed by atoms with E-state index in [1.807, 2.05) is 13.8 Å². The van der Waals surface area contributed by atoms with Gasteiger partial charge in [0, 0.05) is 6.42 Å². The molecule has 0 heterocycles. The number of hydrogen-bond donors (Lipinski definition) is 0. The Kier molecular flexibility index (Phi) is 3.47. The van der Waals surface area contributed by atoms with Gasteiger partial charge in [-0.15, -0.1) is 0 Å². The molecule has 0 fully saturated rings. The van der Waals surface area contributed by atoms with Gasteiger partial charge in [-0.3, -0.25) is 9.59 Å². The summed E-state index contributed by atoms with van der Waals surface area (Å²) in [7, 11) is 0. The minimum atomic E-state index is -0.858. The van der Waals surface area contributed by atoms with Crippen LogP contribution >= 0.6 is 11.6 Å². The van der Waals surface area contributed by atoms with E-state index in [9.17, 15) is 9.59 Å². The molecule has 0 aliphatic rings. The molecule has 0 amide bonds. The van der Waals surface area contributed by atoms with Gasteiger partial charge in [0.05, 0.1) is 0 Å². The second-order valence-electron chi connectivity index (χ2n) is 2.29. The SMILES string of the molecule is CC(C)CC(=O)C(=O)Cl. The third kappa shape index (κ3) is 4.15. The van der Waals surface area contributed by atoms with Crippen LogP contribution in [0.3, 0.4) is 0 Å². The van der Waals surface area contributed by atoms with Crippen molar-refractivity contribution in [3.63, 3.8) is 0 Å². The fourth-order valence-electron chi connectivity index (χ4n) is 0.451. The average molecular weight is 149 g/mol. The first kappa shape index (κ1) is 8.63. The molecular weight excluding hydrogens is 140 g/mol. The average Bonchev–Trinajstić information content (AvgIpc) is 1.63. The molecule has 0 saturated carbocycles. The number of carbonyl (C=O) groups excluding carboxylic acids is 2. The highest BCUT2D eigenvalue weighted by Crippen LogP contribution is 2.01. The fourth-order valence-corrected chi connectivity index (χ4v) is 0.528. The summed E-state index contributed by atoms with van der Waals surface area (Å²) in [5.41, 5.74) is 0. The Labute approximate surface area is 59.2 Å². The van der Waals surface area contributed by atoms with Crippen molar-refractivity contribution < 1.29 is 9.59 Å². The molecule has 0 aromatic heterocycles. The molecular formula is C6H9ClO2.